The molecule has 1 atom stereocenters. The minimum atomic E-state index is -0.966. The zero-order valence-corrected chi connectivity index (χ0v) is 10.1. The third-order valence-electron chi connectivity index (χ3n) is 2.70. The van der Waals surface area contributed by atoms with Crippen molar-refractivity contribution in [3.05, 3.63) is 70.0 Å². The van der Waals surface area contributed by atoms with E-state index in [-0.39, 0.29) is 5.56 Å². The van der Waals surface area contributed by atoms with E-state index in [0.717, 1.165) is 5.56 Å². The first-order valence-electron chi connectivity index (χ1n) is 5.28. The van der Waals surface area contributed by atoms with Gasteiger partial charge in [0.25, 0.3) is 0 Å². The van der Waals surface area contributed by atoms with Crippen molar-refractivity contribution in [2.45, 2.75) is 13.0 Å². The topological polar surface area (TPSA) is 20.2 Å². The van der Waals surface area contributed by atoms with Crippen LogP contribution in [0.15, 0.2) is 42.5 Å². The molecule has 1 nitrogen and oxygen atoms in total. The zero-order chi connectivity index (χ0) is 12.4. The SMILES string of the molecule is Cc1cc(C(O)c2ccccc2F)ccc1Cl. The maximum absolute atomic E-state index is 13.5. The van der Waals surface area contributed by atoms with Crippen molar-refractivity contribution in [2.75, 3.05) is 0 Å². The van der Waals surface area contributed by atoms with E-state index >= 15 is 0 Å². The normalized spacial score (nSPS) is 12.5. The second-order valence-corrected chi connectivity index (χ2v) is 4.34. The molecular weight excluding hydrogens is 239 g/mol. The molecule has 3 heteroatoms. The van der Waals surface area contributed by atoms with Crippen LogP contribution in [0.2, 0.25) is 5.02 Å². The Bertz CT molecular complexity index is 539. The fourth-order valence-corrected chi connectivity index (χ4v) is 1.83. The van der Waals surface area contributed by atoms with Gasteiger partial charge in [0.2, 0.25) is 0 Å². The second-order valence-electron chi connectivity index (χ2n) is 3.93. The average molecular weight is 251 g/mol. The lowest BCUT2D eigenvalue weighted by Gasteiger charge is -2.13. The predicted molar refractivity (Wildman–Crippen MR) is 66.7 cm³/mol. The van der Waals surface area contributed by atoms with Crippen molar-refractivity contribution in [2.24, 2.45) is 0 Å². The van der Waals surface area contributed by atoms with E-state index in [1.807, 2.05) is 6.92 Å². The molecule has 0 saturated carbocycles. The number of aryl methyl sites for hydroxylation is 1. The van der Waals surface area contributed by atoms with Gasteiger partial charge in [0.05, 0.1) is 0 Å². The van der Waals surface area contributed by atoms with Gasteiger partial charge in [0.15, 0.2) is 0 Å². The molecule has 2 rings (SSSR count). The Morgan fingerprint density at radius 1 is 1.18 bits per heavy atom. The molecule has 0 radical (unpaired) electrons. The Labute approximate surface area is 104 Å². The Hall–Kier alpha value is -1.38. The van der Waals surface area contributed by atoms with Crippen molar-refractivity contribution in [1.29, 1.82) is 0 Å². The van der Waals surface area contributed by atoms with Crippen LogP contribution in [0.25, 0.3) is 0 Å². The summed E-state index contributed by atoms with van der Waals surface area (Å²) in [5.41, 5.74) is 1.77. The molecule has 0 heterocycles. The lowest BCUT2D eigenvalue weighted by atomic mass is 10.00. The summed E-state index contributed by atoms with van der Waals surface area (Å²) in [6.45, 7) is 1.85. The van der Waals surface area contributed by atoms with E-state index in [0.29, 0.717) is 10.6 Å². The highest BCUT2D eigenvalue weighted by atomic mass is 35.5. The van der Waals surface area contributed by atoms with Crippen molar-refractivity contribution in [3.63, 3.8) is 0 Å². The molecule has 0 fully saturated rings. The summed E-state index contributed by atoms with van der Waals surface area (Å²) in [7, 11) is 0. The summed E-state index contributed by atoms with van der Waals surface area (Å²) in [6.07, 6.45) is -0.966. The lowest BCUT2D eigenvalue weighted by molar-refractivity contribution is 0.215. The zero-order valence-electron chi connectivity index (χ0n) is 9.32. The maximum Gasteiger partial charge on any atom is 0.129 e. The van der Waals surface area contributed by atoms with Gasteiger partial charge >= 0.3 is 0 Å². The molecular formula is C14H12ClFO. The van der Waals surface area contributed by atoms with Crippen molar-refractivity contribution < 1.29 is 9.50 Å². The van der Waals surface area contributed by atoms with Crippen LogP contribution in [0.3, 0.4) is 0 Å². The predicted octanol–water partition coefficient (Wildman–Crippen LogP) is 3.87. The summed E-state index contributed by atoms with van der Waals surface area (Å²) >= 11 is 5.91. The standard InChI is InChI=1S/C14H12ClFO/c1-9-8-10(6-7-12(9)15)14(17)11-4-2-3-5-13(11)16/h2-8,14,17H,1H3. The number of rotatable bonds is 2. The molecule has 0 amide bonds. The van der Waals surface area contributed by atoms with Crippen LogP contribution in [0.5, 0.6) is 0 Å². The highest BCUT2D eigenvalue weighted by Crippen LogP contribution is 2.27. The van der Waals surface area contributed by atoms with E-state index in [1.54, 1.807) is 36.4 Å². The minimum Gasteiger partial charge on any atom is -0.384 e. The molecule has 0 saturated heterocycles. The monoisotopic (exact) mass is 250 g/mol. The molecule has 88 valence electrons. The summed E-state index contributed by atoms with van der Waals surface area (Å²) in [5.74, 6) is -0.410. The highest BCUT2D eigenvalue weighted by Gasteiger charge is 2.14. The molecule has 0 bridgehead atoms. The van der Waals surface area contributed by atoms with Crippen molar-refractivity contribution >= 4 is 11.6 Å². The first-order valence-corrected chi connectivity index (χ1v) is 5.66. The Balaban J connectivity index is 2.40. The maximum atomic E-state index is 13.5. The molecule has 1 unspecified atom stereocenters. The molecule has 0 spiro atoms. The second kappa shape index (κ2) is 4.86. The summed E-state index contributed by atoms with van der Waals surface area (Å²) < 4.78 is 13.5. The van der Waals surface area contributed by atoms with Crippen LogP contribution in [-0.2, 0) is 0 Å². The average Bonchev–Trinajstić information content (AvgIpc) is 2.32. The van der Waals surface area contributed by atoms with Gasteiger partial charge in [-0.3, -0.25) is 0 Å². The van der Waals surface area contributed by atoms with Gasteiger partial charge in [-0.15, -0.1) is 0 Å². The molecule has 2 aromatic carbocycles. The number of hydrogen-bond acceptors (Lipinski definition) is 1. The Kier molecular flexibility index (Phi) is 3.46. The summed E-state index contributed by atoms with van der Waals surface area (Å²) in [5, 5.41) is 10.7. The summed E-state index contributed by atoms with van der Waals surface area (Å²) in [6, 6.07) is 11.4. The first-order chi connectivity index (χ1) is 8.09. The lowest BCUT2D eigenvalue weighted by Crippen LogP contribution is -2.02. The van der Waals surface area contributed by atoms with Crippen molar-refractivity contribution in [3.8, 4) is 0 Å². The van der Waals surface area contributed by atoms with E-state index in [2.05, 4.69) is 0 Å². The van der Waals surface area contributed by atoms with Crippen LogP contribution in [0.1, 0.15) is 22.8 Å². The Morgan fingerprint density at radius 3 is 2.53 bits per heavy atom. The summed E-state index contributed by atoms with van der Waals surface area (Å²) in [4.78, 5) is 0. The van der Waals surface area contributed by atoms with Gasteiger partial charge in [-0.25, -0.2) is 4.39 Å². The number of aliphatic hydroxyl groups is 1. The molecule has 0 aliphatic rings. The highest BCUT2D eigenvalue weighted by molar-refractivity contribution is 6.31. The van der Waals surface area contributed by atoms with Crippen molar-refractivity contribution in [1.82, 2.24) is 0 Å². The van der Waals surface area contributed by atoms with Gasteiger partial charge in [0, 0.05) is 10.6 Å². The van der Waals surface area contributed by atoms with Gasteiger partial charge in [0.1, 0.15) is 11.9 Å². The Morgan fingerprint density at radius 2 is 1.88 bits per heavy atom. The van der Waals surface area contributed by atoms with E-state index in [4.69, 9.17) is 11.6 Å². The van der Waals surface area contributed by atoms with E-state index in [9.17, 15) is 9.50 Å². The van der Waals surface area contributed by atoms with Crippen LogP contribution in [0, 0.1) is 12.7 Å². The third kappa shape index (κ3) is 2.48. The number of benzene rings is 2. The van der Waals surface area contributed by atoms with Gasteiger partial charge < -0.3 is 5.11 Å². The molecule has 1 N–H and O–H groups in total. The molecule has 2 aromatic rings. The largest absolute Gasteiger partial charge is 0.384 e. The molecule has 17 heavy (non-hydrogen) atoms. The van der Waals surface area contributed by atoms with Crippen LogP contribution in [-0.4, -0.2) is 5.11 Å². The number of aliphatic hydroxyl groups excluding tert-OH is 1. The number of halogens is 2. The molecule has 0 aromatic heterocycles. The molecule has 0 aliphatic heterocycles. The molecule has 0 aliphatic carbocycles. The third-order valence-corrected chi connectivity index (χ3v) is 3.12. The van der Waals surface area contributed by atoms with Crippen LogP contribution < -0.4 is 0 Å². The smallest absolute Gasteiger partial charge is 0.129 e. The van der Waals surface area contributed by atoms with Crippen LogP contribution >= 0.6 is 11.6 Å². The number of hydrogen-bond donors (Lipinski definition) is 1. The quantitative estimate of drug-likeness (QED) is 0.858. The van der Waals surface area contributed by atoms with E-state index < -0.39 is 11.9 Å². The van der Waals surface area contributed by atoms with E-state index in [1.165, 1.54) is 6.07 Å². The van der Waals surface area contributed by atoms with Gasteiger partial charge in [-0.1, -0.05) is 41.9 Å². The van der Waals surface area contributed by atoms with Gasteiger partial charge in [-0.2, -0.15) is 0 Å². The van der Waals surface area contributed by atoms with Crippen LogP contribution in [0.4, 0.5) is 4.39 Å². The minimum absolute atomic E-state index is 0.272. The van der Waals surface area contributed by atoms with Gasteiger partial charge in [-0.05, 0) is 30.2 Å². The fraction of sp³-hybridized carbons (Fsp3) is 0.143. The fourth-order valence-electron chi connectivity index (χ4n) is 1.71. The first kappa shape index (κ1) is 12.1.